The minimum absolute atomic E-state index is 0.0104. The molecule has 0 saturated heterocycles. The summed E-state index contributed by atoms with van der Waals surface area (Å²) in [4.78, 5) is 12.0. The molecule has 1 amide bonds. The predicted molar refractivity (Wildman–Crippen MR) is 82.0 cm³/mol. The number of nitrogens with one attached hydrogen (secondary N) is 2. The number of carbonyl (C=O) groups is 1. The van der Waals surface area contributed by atoms with Crippen LogP contribution in [0.2, 0.25) is 0 Å². The van der Waals surface area contributed by atoms with Crippen molar-refractivity contribution >= 4 is 15.9 Å². The lowest BCUT2D eigenvalue weighted by Gasteiger charge is -2.25. The largest absolute Gasteiger partial charge is 0.348 e. The number of amides is 1. The monoisotopic (exact) mass is 346 g/mol. The van der Waals surface area contributed by atoms with E-state index < -0.39 is 39.4 Å². The van der Waals surface area contributed by atoms with Crippen molar-refractivity contribution in [1.82, 2.24) is 10.0 Å². The van der Waals surface area contributed by atoms with Gasteiger partial charge in [-0.1, -0.05) is 18.9 Å². The fraction of sp³-hybridized carbons (Fsp3) is 0.533. The summed E-state index contributed by atoms with van der Waals surface area (Å²) in [6.45, 7) is 0. The molecule has 8 heteroatoms. The first-order valence-corrected chi connectivity index (χ1v) is 9.13. The maximum atomic E-state index is 14.1. The van der Waals surface area contributed by atoms with Crippen molar-refractivity contribution in [2.24, 2.45) is 5.92 Å². The van der Waals surface area contributed by atoms with Crippen molar-refractivity contribution in [1.29, 1.82) is 0 Å². The zero-order valence-corrected chi connectivity index (χ0v) is 13.6. The average molecular weight is 346 g/mol. The topological polar surface area (TPSA) is 75.3 Å². The van der Waals surface area contributed by atoms with Gasteiger partial charge in [0.2, 0.25) is 15.9 Å². The van der Waals surface area contributed by atoms with Gasteiger partial charge in [-0.2, -0.15) is 0 Å². The van der Waals surface area contributed by atoms with E-state index in [0.29, 0.717) is 0 Å². The van der Waals surface area contributed by atoms with Crippen LogP contribution in [0.5, 0.6) is 0 Å². The van der Waals surface area contributed by atoms with Gasteiger partial charge in [0.05, 0.1) is 6.04 Å². The van der Waals surface area contributed by atoms with Gasteiger partial charge >= 0.3 is 0 Å². The van der Waals surface area contributed by atoms with Gasteiger partial charge in [-0.25, -0.2) is 21.9 Å². The molecule has 0 bridgehead atoms. The number of hydrogen-bond acceptors (Lipinski definition) is 3. The Morgan fingerprint density at radius 3 is 2.52 bits per heavy atom. The Kier molecular flexibility index (Phi) is 5.69. The van der Waals surface area contributed by atoms with E-state index in [1.165, 1.54) is 13.1 Å². The van der Waals surface area contributed by atoms with E-state index >= 15 is 0 Å². The maximum absolute atomic E-state index is 14.1. The Bertz CT molecular complexity index is 673. The summed E-state index contributed by atoms with van der Waals surface area (Å²) in [7, 11) is -2.48. The Morgan fingerprint density at radius 1 is 1.30 bits per heavy atom. The number of halogens is 2. The lowest BCUT2D eigenvalue weighted by molar-refractivity contribution is -0.119. The summed E-state index contributed by atoms with van der Waals surface area (Å²) in [5.74, 6) is -2.86. The molecule has 1 aliphatic rings. The molecule has 5 nitrogen and oxygen atoms in total. The van der Waals surface area contributed by atoms with Crippen LogP contribution in [0.25, 0.3) is 0 Å². The second kappa shape index (κ2) is 7.35. The summed E-state index contributed by atoms with van der Waals surface area (Å²) in [5, 5.41) is 2.61. The molecule has 0 aliphatic heterocycles. The zero-order chi connectivity index (χ0) is 17.0. The smallest absolute Gasteiger partial charge is 0.237 e. The van der Waals surface area contributed by atoms with Gasteiger partial charge in [-0.3, -0.25) is 4.79 Å². The lowest BCUT2D eigenvalue weighted by Crippen LogP contribution is -2.39. The van der Waals surface area contributed by atoms with Gasteiger partial charge in [0.1, 0.15) is 17.4 Å². The van der Waals surface area contributed by atoms with Crippen LogP contribution >= 0.6 is 0 Å². The van der Waals surface area contributed by atoms with E-state index in [4.69, 9.17) is 0 Å². The summed E-state index contributed by atoms with van der Waals surface area (Å²) < 4.78 is 52.2. The molecule has 2 rings (SSSR count). The highest BCUT2D eigenvalue weighted by Crippen LogP contribution is 2.36. The molecule has 1 aromatic carbocycles. The van der Waals surface area contributed by atoms with Crippen LogP contribution in [0.4, 0.5) is 8.78 Å². The standard InChI is InChI=1S/C15H20F2N2O3S/c1-18-23(21,22)9-14(20)19-15(10-4-2-3-5-10)12-7-6-11(16)8-13(12)17/h6-8,10,15,18H,2-5,9H2,1H3,(H,19,20). The molecule has 0 radical (unpaired) electrons. The average Bonchev–Trinajstić information content (AvgIpc) is 2.99. The second-order valence-corrected chi connectivity index (χ2v) is 7.65. The molecule has 1 aliphatic carbocycles. The van der Waals surface area contributed by atoms with Crippen molar-refractivity contribution in [2.45, 2.75) is 31.7 Å². The molecular weight excluding hydrogens is 326 g/mol. The van der Waals surface area contributed by atoms with E-state index in [9.17, 15) is 22.0 Å². The molecule has 23 heavy (non-hydrogen) atoms. The molecule has 1 aromatic rings. The third-order valence-corrected chi connectivity index (χ3v) is 5.38. The van der Waals surface area contributed by atoms with E-state index in [0.717, 1.165) is 37.8 Å². The SMILES string of the molecule is CNS(=O)(=O)CC(=O)NC(c1ccc(F)cc1F)C1CCCC1. The molecule has 1 atom stereocenters. The summed E-state index contributed by atoms with van der Waals surface area (Å²) in [6, 6.07) is 2.56. The third kappa shape index (κ3) is 4.71. The van der Waals surface area contributed by atoms with Crippen LogP contribution in [0.15, 0.2) is 18.2 Å². The van der Waals surface area contributed by atoms with Crippen molar-refractivity contribution in [3.05, 3.63) is 35.4 Å². The van der Waals surface area contributed by atoms with Crippen molar-refractivity contribution < 1.29 is 22.0 Å². The molecule has 0 heterocycles. The van der Waals surface area contributed by atoms with E-state index in [2.05, 4.69) is 10.0 Å². The number of sulfonamides is 1. The zero-order valence-electron chi connectivity index (χ0n) is 12.8. The van der Waals surface area contributed by atoms with Gasteiger partial charge < -0.3 is 5.32 Å². The van der Waals surface area contributed by atoms with Crippen LogP contribution in [0.1, 0.15) is 37.3 Å². The molecule has 0 aromatic heterocycles. The summed E-state index contributed by atoms with van der Waals surface area (Å²) >= 11 is 0. The number of benzene rings is 1. The highest BCUT2D eigenvalue weighted by Gasteiger charge is 2.30. The Morgan fingerprint density at radius 2 is 1.96 bits per heavy atom. The van der Waals surface area contributed by atoms with Crippen LogP contribution in [0, 0.1) is 17.6 Å². The minimum atomic E-state index is -3.70. The number of carbonyl (C=O) groups excluding carboxylic acids is 1. The number of rotatable bonds is 6. The van der Waals surface area contributed by atoms with Gasteiger partial charge in [0.15, 0.2) is 0 Å². The van der Waals surface area contributed by atoms with E-state index in [1.807, 2.05) is 0 Å². The molecule has 0 spiro atoms. The van der Waals surface area contributed by atoms with Gasteiger partial charge in [0.25, 0.3) is 0 Å². The highest BCUT2D eigenvalue weighted by atomic mass is 32.2. The Balaban J connectivity index is 2.22. The molecule has 2 N–H and O–H groups in total. The normalized spacial score (nSPS) is 17.2. The minimum Gasteiger partial charge on any atom is -0.348 e. The summed E-state index contributed by atoms with van der Waals surface area (Å²) in [5.41, 5.74) is 0.188. The van der Waals surface area contributed by atoms with E-state index in [1.54, 1.807) is 0 Å². The molecule has 1 saturated carbocycles. The molecule has 128 valence electrons. The lowest BCUT2D eigenvalue weighted by atomic mass is 9.91. The first-order valence-electron chi connectivity index (χ1n) is 7.48. The first kappa shape index (κ1) is 17.8. The van der Waals surface area contributed by atoms with Crippen molar-refractivity contribution in [2.75, 3.05) is 12.8 Å². The summed E-state index contributed by atoms with van der Waals surface area (Å²) in [6.07, 6.45) is 3.55. The second-order valence-electron chi connectivity index (χ2n) is 5.72. The van der Waals surface area contributed by atoms with Crippen LogP contribution in [-0.4, -0.2) is 27.1 Å². The predicted octanol–water partition coefficient (Wildman–Crippen LogP) is 1.86. The molecule has 1 fully saturated rings. The van der Waals surface area contributed by atoms with E-state index in [-0.39, 0.29) is 11.5 Å². The van der Waals surface area contributed by atoms with Gasteiger partial charge in [-0.15, -0.1) is 0 Å². The first-order chi connectivity index (χ1) is 10.8. The van der Waals surface area contributed by atoms with Crippen LogP contribution in [0.3, 0.4) is 0 Å². The van der Waals surface area contributed by atoms with Crippen molar-refractivity contribution in [3.63, 3.8) is 0 Å². The Hall–Kier alpha value is -1.54. The van der Waals surface area contributed by atoms with Crippen molar-refractivity contribution in [3.8, 4) is 0 Å². The quantitative estimate of drug-likeness (QED) is 0.826. The highest BCUT2D eigenvalue weighted by molar-refractivity contribution is 7.90. The fourth-order valence-corrected chi connectivity index (χ4v) is 3.53. The molecule has 1 unspecified atom stereocenters. The van der Waals surface area contributed by atoms with Crippen LogP contribution in [-0.2, 0) is 14.8 Å². The number of hydrogen-bond donors (Lipinski definition) is 2. The molecular formula is C15H20F2N2O3S. The Labute approximate surface area is 134 Å². The van der Waals surface area contributed by atoms with Crippen LogP contribution < -0.4 is 10.0 Å². The maximum Gasteiger partial charge on any atom is 0.237 e. The fourth-order valence-electron chi connectivity index (χ4n) is 2.95. The van der Waals surface area contributed by atoms with Gasteiger partial charge in [-0.05, 0) is 31.9 Å². The third-order valence-electron chi connectivity index (χ3n) is 4.12. The van der Waals surface area contributed by atoms with Gasteiger partial charge in [0, 0.05) is 11.6 Å².